The molecule has 0 saturated heterocycles. The average Bonchev–Trinajstić information content (AvgIpc) is 2.86. The molecule has 0 aliphatic heterocycles. The van der Waals surface area contributed by atoms with Gasteiger partial charge in [-0.15, -0.1) is 11.3 Å². The molecular weight excluding hydrogens is 294 g/mol. The highest BCUT2D eigenvalue weighted by Gasteiger charge is 2.32. The van der Waals surface area contributed by atoms with E-state index in [9.17, 15) is 0 Å². The maximum Gasteiger partial charge on any atom is 0.0314 e. The molecule has 0 radical (unpaired) electrons. The molecule has 1 aliphatic rings. The van der Waals surface area contributed by atoms with E-state index in [2.05, 4.69) is 46.5 Å². The van der Waals surface area contributed by atoms with Gasteiger partial charge >= 0.3 is 0 Å². The molecule has 0 aromatic carbocycles. The summed E-state index contributed by atoms with van der Waals surface area (Å²) in [6.45, 7) is 5.84. The minimum Gasteiger partial charge on any atom is -0.314 e. The number of thiophene rings is 1. The first-order valence-corrected chi connectivity index (χ1v) is 8.35. The van der Waals surface area contributed by atoms with Crippen LogP contribution in [0.1, 0.15) is 38.0 Å². The lowest BCUT2D eigenvalue weighted by atomic mass is 9.92. The van der Waals surface area contributed by atoms with Crippen LogP contribution in [0, 0.1) is 11.8 Å². The summed E-state index contributed by atoms with van der Waals surface area (Å²) >= 11 is 5.54. The van der Waals surface area contributed by atoms with Crippen molar-refractivity contribution in [1.82, 2.24) is 5.32 Å². The van der Waals surface area contributed by atoms with E-state index >= 15 is 0 Å². The molecule has 96 valence electrons. The van der Waals surface area contributed by atoms with Crippen LogP contribution in [0.5, 0.6) is 0 Å². The molecule has 2 rings (SSSR count). The summed E-state index contributed by atoms with van der Waals surface area (Å²) in [4.78, 5) is 1.53. The Hall–Kier alpha value is 0.140. The highest BCUT2D eigenvalue weighted by atomic mass is 79.9. The lowest BCUT2D eigenvalue weighted by Gasteiger charge is -2.21. The molecule has 0 spiro atoms. The van der Waals surface area contributed by atoms with Gasteiger partial charge in [-0.25, -0.2) is 0 Å². The molecule has 1 nitrogen and oxygen atoms in total. The minimum absolute atomic E-state index is 0.749. The van der Waals surface area contributed by atoms with Gasteiger partial charge in [0.05, 0.1) is 0 Å². The second kappa shape index (κ2) is 6.35. The second-order valence-electron chi connectivity index (χ2n) is 5.15. The summed E-state index contributed by atoms with van der Waals surface area (Å²) in [5.74, 6) is 1.68. The lowest BCUT2D eigenvalue weighted by Crippen LogP contribution is -2.33. The number of nitrogens with one attached hydrogen (secondary N) is 1. The summed E-state index contributed by atoms with van der Waals surface area (Å²) in [5, 5.41) is 5.88. The van der Waals surface area contributed by atoms with E-state index in [-0.39, 0.29) is 0 Å². The van der Waals surface area contributed by atoms with Crippen LogP contribution in [0.2, 0.25) is 0 Å². The molecule has 3 atom stereocenters. The predicted octanol–water partition coefficient (Wildman–Crippen LogP) is 4.47. The molecule has 17 heavy (non-hydrogen) atoms. The van der Waals surface area contributed by atoms with Gasteiger partial charge in [-0.2, -0.15) is 0 Å². The van der Waals surface area contributed by atoms with Gasteiger partial charge in [-0.05, 0) is 71.4 Å². The first-order chi connectivity index (χ1) is 8.22. The van der Waals surface area contributed by atoms with Crippen LogP contribution in [0.3, 0.4) is 0 Å². The van der Waals surface area contributed by atoms with E-state index in [0.717, 1.165) is 17.9 Å². The van der Waals surface area contributed by atoms with Crippen molar-refractivity contribution >= 4 is 27.3 Å². The Morgan fingerprint density at radius 1 is 1.47 bits per heavy atom. The first-order valence-electron chi connectivity index (χ1n) is 6.67. The van der Waals surface area contributed by atoms with Crippen LogP contribution in [0.25, 0.3) is 0 Å². The molecule has 3 heteroatoms. The molecule has 0 amide bonds. The topological polar surface area (TPSA) is 12.0 Å². The molecule has 1 aromatic rings. The number of hydrogen-bond acceptors (Lipinski definition) is 2. The molecule has 1 N–H and O–H groups in total. The van der Waals surface area contributed by atoms with Crippen molar-refractivity contribution in [3.8, 4) is 0 Å². The van der Waals surface area contributed by atoms with Gasteiger partial charge in [0, 0.05) is 15.4 Å². The van der Waals surface area contributed by atoms with Crippen LogP contribution < -0.4 is 5.32 Å². The van der Waals surface area contributed by atoms with E-state index in [1.807, 2.05) is 11.3 Å². The Kier molecular flexibility index (Phi) is 5.07. The third kappa shape index (κ3) is 3.33. The zero-order chi connectivity index (χ0) is 12.3. The highest BCUT2D eigenvalue weighted by molar-refractivity contribution is 9.10. The fourth-order valence-corrected chi connectivity index (χ4v) is 4.47. The van der Waals surface area contributed by atoms with Crippen LogP contribution in [-0.4, -0.2) is 12.6 Å². The Labute approximate surface area is 117 Å². The normalized spacial score (nSPS) is 28.8. The monoisotopic (exact) mass is 315 g/mol. The first kappa shape index (κ1) is 13.6. The molecule has 1 fully saturated rings. The van der Waals surface area contributed by atoms with Crippen molar-refractivity contribution in [1.29, 1.82) is 0 Å². The Balaban J connectivity index is 1.89. The van der Waals surface area contributed by atoms with Gasteiger partial charge in [0.15, 0.2) is 0 Å². The largest absolute Gasteiger partial charge is 0.314 e. The minimum atomic E-state index is 0.749. The van der Waals surface area contributed by atoms with Crippen molar-refractivity contribution in [2.45, 2.75) is 45.6 Å². The van der Waals surface area contributed by atoms with Gasteiger partial charge in [0.1, 0.15) is 0 Å². The standard InChI is InChI=1S/C14H22BrNS/c1-3-7-16-13-5-4-11(10(13)2)9-14-12(15)6-8-17-14/h6,8,10-11,13,16H,3-5,7,9H2,1-2H3. The molecule has 0 bridgehead atoms. The zero-order valence-electron chi connectivity index (χ0n) is 10.7. The Morgan fingerprint density at radius 2 is 2.29 bits per heavy atom. The fourth-order valence-electron chi connectivity index (χ4n) is 2.86. The summed E-state index contributed by atoms with van der Waals surface area (Å²) in [5.41, 5.74) is 0. The molecule has 1 aliphatic carbocycles. The number of hydrogen-bond donors (Lipinski definition) is 1. The average molecular weight is 316 g/mol. The third-order valence-electron chi connectivity index (χ3n) is 4.02. The smallest absolute Gasteiger partial charge is 0.0314 e. The maximum atomic E-state index is 3.70. The van der Waals surface area contributed by atoms with Crippen molar-refractivity contribution in [3.63, 3.8) is 0 Å². The van der Waals surface area contributed by atoms with Gasteiger partial charge in [-0.1, -0.05) is 13.8 Å². The SMILES string of the molecule is CCCNC1CCC(Cc2sccc2Br)C1C. The van der Waals surface area contributed by atoms with Crippen molar-refractivity contribution < 1.29 is 0 Å². The van der Waals surface area contributed by atoms with Crippen molar-refractivity contribution in [3.05, 3.63) is 20.8 Å². The predicted molar refractivity (Wildman–Crippen MR) is 79.7 cm³/mol. The Morgan fingerprint density at radius 3 is 2.94 bits per heavy atom. The van der Waals surface area contributed by atoms with Crippen LogP contribution in [0.4, 0.5) is 0 Å². The van der Waals surface area contributed by atoms with Gasteiger partial charge in [0.25, 0.3) is 0 Å². The summed E-state index contributed by atoms with van der Waals surface area (Å²) in [6.07, 6.45) is 5.23. The quantitative estimate of drug-likeness (QED) is 0.845. The van der Waals surface area contributed by atoms with E-state index in [0.29, 0.717) is 0 Å². The molecule has 3 unspecified atom stereocenters. The number of rotatable bonds is 5. The molecular formula is C14H22BrNS. The summed E-state index contributed by atoms with van der Waals surface area (Å²) in [6, 6.07) is 2.92. The Bertz CT molecular complexity index is 350. The van der Waals surface area contributed by atoms with Crippen LogP contribution in [0.15, 0.2) is 15.9 Å². The molecule has 1 heterocycles. The summed E-state index contributed by atoms with van der Waals surface area (Å²) < 4.78 is 1.31. The zero-order valence-corrected chi connectivity index (χ0v) is 13.1. The molecule has 1 aromatic heterocycles. The lowest BCUT2D eigenvalue weighted by molar-refractivity contribution is 0.352. The number of halogens is 1. The van der Waals surface area contributed by atoms with E-state index in [1.54, 1.807) is 0 Å². The summed E-state index contributed by atoms with van der Waals surface area (Å²) in [7, 11) is 0. The van der Waals surface area contributed by atoms with Gasteiger partial charge in [-0.3, -0.25) is 0 Å². The maximum absolute atomic E-state index is 3.70. The molecule has 1 saturated carbocycles. The van der Waals surface area contributed by atoms with E-state index in [1.165, 1.54) is 41.6 Å². The van der Waals surface area contributed by atoms with Crippen LogP contribution in [-0.2, 0) is 6.42 Å². The van der Waals surface area contributed by atoms with Gasteiger partial charge in [0.2, 0.25) is 0 Å². The second-order valence-corrected chi connectivity index (χ2v) is 7.01. The van der Waals surface area contributed by atoms with Crippen LogP contribution >= 0.6 is 27.3 Å². The van der Waals surface area contributed by atoms with Crippen molar-refractivity contribution in [2.75, 3.05) is 6.54 Å². The van der Waals surface area contributed by atoms with Gasteiger partial charge < -0.3 is 5.32 Å². The third-order valence-corrected chi connectivity index (χ3v) is 5.97. The van der Waals surface area contributed by atoms with E-state index < -0.39 is 0 Å². The van der Waals surface area contributed by atoms with Crippen molar-refractivity contribution in [2.24, 2.45) is 11.8 Å². The fraction of sp³-hybridized carbons (Fsp3) is 0.714. The highest BCUT2D eigenvalue weighted by Crippen LogP contribution is 2.37. The van der Waals surface area contributed by atoms with E-state index in [4.69, 9.17) is 0 Å².